The third kappa shape index (κ3) is 4.18. The lowest BCUT2D eigenvalue weighted by Gasteiger charge is -2.17. The molecule has 1 aliphatic rings. The summed E-state index contributed by atoms with van der Waals surface area (Å²) in [4.78, 5) is 26.3. The molecular formula is C20H22N2O3. The zero-order valence-corrected chi connectivity index (χ0v) is 14.4. The molecule has 1 saturated heterocycles. The van der Waals surface area contributed by atoms with E-state index < -0.39 is 0 Å². The quantitative estimate of drug-likeness (QED) is 0.912. The number of hydrogen-bond acceptors (Lipinski definition) is 3. The van der Waals surface area contributed by atoms with Crippen LogP contribution in [0.5, 0.6) is 5.75 Å². The van der Waals surface area contributed by atoms with Gasteiger partial charge in [0.05, 0.1) is 12.1 Å². The molecule has 3 rings (SSSR count). The molecule has 0 saturated carbocycles. The highest BCUT2D eigenvalue weighted by molar-refractivity contribution is 5.99. The van der Waals surface area contributed by atoms with E-state index in [2.05, 4.69) is 5.32 Å². The van der Waals surface area contributed by atoms with Gasteiger partial charge in [0.15, 0.2) is 0 Å². The van der Waals surface area contributed by atoms with E-state index in [0.717, 1.165) is 11.4 Å². The van der Waals surface area contributed by atoms with Gasteiger partial charge in [0.1, 0.15) is 5.75 Å². The van der Waals surface area contributed by atoms with E-state index >= 15 is 0 Å². The second-order valence-electron chi connectivity index (χ2n) is 6.41. The molecule has 1 unspecified atom stereocenters. The van der Waals surface area contributed by atoms with Crippen molar-refractivity contribution in [1.82, 2.24) is 5.32 Å². The number of carbonyl (C=O) groups is 2. The predicted molar refractivity (Wildman–Crippen MR) is 96.9 cm³/mol. The van der Waals surface area contributed by atoms with Crippen LogP contribution in [-0.2, 0) is 4.79 Å². The Kier molecular flexibility index (Phi) is 5.03. The van der Waals surface area contributed by atoms with Crippen molar-refractivity contribution in [1.29, 1.82) is 0 Å². The fourth-order valence-corrected chi connectivity index (χ4v) is 2.89. The summed E-state index contributed by atoms with van der Waals surface area (Å²) in [6.45, 7) is 4.40. The van der Waals surface area contributed by atoms with Gasteiger partial charge in [0.2, 0.25) is 5.91 Å². The average Bonchev–Trinajstić information content (AvgIpc) is 2.96. The van der Waals surface area contributed by atoms with Gasteiger partial charge < -0.3 is 15.0 Å². The number of nitrogens with one attached hydrogen (secondary N) is 1. The summed E-state index contributed by atoms with van der Waals surface area (Å²) in [5.74, 6) is 0.582. The topological polar surface area (TPSA) is 58.6 Å². The number of carbonyl (C=O) groups excluding carboxylic acids is 2. The number of anilines is 1. The van der Waals surface area contributed by atoms with Crippen LogP contribution in [0.1, 0.15) is 30.6 Å². The summed E-state index contributed by atoms with van der Waals surface area (Å²) >= 11 is 0. The van der Waals surface area contributed by atoms with Gasteiger partial charge in [-0.15, -0.1) is 0 Å². The lowest BCUT2D eigenvalue weighted by Crippen LogP contribution is -2.37. The Bertz CT molecular complexity index is 741. The van der Waals surface area contributed by atoms with E-state index in [-0.39, 0.29) is 24.0 Å². The molecule has 5 heteroatoms. The van der Waals surface area contributed by atoms with Crippen LogP contribution < -0.4 is 15.0 Å². The van der Waals surface area contributed by atoms with Crippen molar-refractivity contribution in [2.45, 2.75) is 32.4 Å². The summed E-state index contributed by atoms with van der Waals surface area (Å²) < 4.78 is 5.58. The second-order valence-corrected chi connectivity index (χ2v) is 6.41. The van der Waals surface area contributed by atoms with Crippen molar-refractivity contribution in [2.75, 3.05) is 11.4 Å². The molecule has 0 radical (unpaired) electrons. The third-order valence-corrected chi connectivity index (χ3v) is 4.02. The molecule has 0 spiro atoms. The Hall–Kier alpha value is -2.82. The number of nitrogens with zero attached hydrogens (tertiary/aromatic N) is 1. The minimum absolute atomic E-state index is 0.0252. The van der Waals surface area contributed by atoms with Crippen LogP contribution in [-0.4, -0.2) is 30.5 Å². The smallest absolute Gasteiger partial charge is 0.251 e. The van der Waals surface area contributed by atoms with Crippen molar-refractivity contribution in [3.8, 4) is 5.75 Å². The summed E-state index contributed by atoms with van der Waals surface area (Å²) in [6, 6.07) is 16.4. The molecule has 0 aromatic heterocycles. The van der Waals surface area contributed by atoms with Gasteiger partial charge in [-0.25, -0.2) is 0 Å². The van der Waals surface area contributed by atoms with Crippen molar-refractivity contribution >= 4 is 17.5 Å². The van der Waals surface area contributed by atoms with Crippen LogP contribution in [0, 0.1) is 0 Å². The Morgan fingerprint density at radius 1 is 1.12 bits per heavy atom. The van der Waals surface area contributed by atoms with Crippen molar-refractivity contribution in [3.63, 3.8) is 0 Å². The van der Waals surface area contributed by atoms with Gasteiger partial charge >= 0.3 is 0 Å². The SMILES string of the molecule is CC(C)Oc1ccc(C(=O)NC2CC(=O)N(c3ccccc3)C2)cc1. The molecule has 5 nitrogen and oxygen atoms in total. The fraction of sp³-hybridized carbons (Fsp3) is 0.300. The maximum Gasteiger partial charge on any atom is 0.251 e. The molecule has 0 aliphatic carbocycles. The van der Waals surface area contributed by atoms with Crippen LogP contribution in [0.4, 0.5) is 5.69 Å². The Labute approximate surface area is 147 Å². The molecule has 1 aliphatic heterocycles. The summed E-state index contributed by atoms with van der Waals surface area (Å²) in [6.07, 6.45) is 0.406. The van der Waals surface area contributed by atoms with Gasteiger partial charge in [-0.05, 0) is 50.2 Å². The monoisotopic (exact) mass is 338 g/mol. The summed E-state index contributed by atoms with van der Waals surface area (Å²) in [5.41, 5.74) is 1.42. The van der Waals surface area contributed by atoms with E-state index in [1.54, 1.807) is 29.2 Å². The van der Waals surface area contributed by atoms with Gasteiger partial charge in [-0.3, -0.25) is 9.59 Å². The first kappa shape index (κ1) is 17.0. The predicted octanol–water partition coefficient (Wildman–Crippen LogP) is 3.01. The van der Waals surface area contributed by atoms with Gasteiger partial charge in [0.25, 0.3) is 5.91 Å². The molecule has 2 aromatic carbocycles. The zero-order valence-electron chi connectivity index (χ0n) is 14.4. The minimum atomic E-state index is -0.188. The normalized spacial score (nSPS) is 17.0. The number of para-hydroxylation sites is 1. The Balaban J connectivity index is 1.61. The van der Waals surface area contributed by atoms with E-state index in [1.165, 1.54) is 0 Å². The summed E-state index contributed by atoms with van der Waals surface area (Å²) in [7, 11) is 0. The van der Waals surface area contributed by atoms with Crippen molar-refractivity contribution in [2.24, 2.45) is 0 Å². The van der Waals surface area contributed by atoms with Gasteiger partial charge in [-0.1, -0.05) is 18.2 Å². The maximum atomic E-state index is 12.4. The highest BCUT2D eigenvalue weighted by Crippen LogP contribution is 2.21. The molecule has 2 amide bonds. The molecular weight excluding hydrogens is 316 g/mol. The van der Waals surface area contributed by atoms with E-state index in [0.29, 0.717) is 18.5 Å². The lowest BCUT2D eigenvalue weighted by molar-refractivity contribution is -0.117. The Morgan fingerprint density at radius 2 is 1.80 bits per heavy atom. The standard InChI is InChI=1S/C20H22N2O3/c1-14(2)25-18-10-8-15(9-11-18)20(24)21-16-12-19(23)22(13-16)17-6-4-3-5-7-17/h3-11,14,16H,12-13H2,1-2H3,(H,21,24). The number of rotatable bonds is 5. The molecule has 130 valence electrons. The highest BCUT2D eigenvalue weighted by atomic mass is 16.5. The van der Waals surface area contributed by atoms with Gasteiger partial charge in [-0.2, -0.15) is 0 Å². The van der Waals surface area contributed by atoms with Crippen molar-refractivity contribution < 1.29 is 14.3 Å². The first-order chi connectivity index (χ1) is 12.0. The van der Waals surface area contributed by atoms with E-state index in [4.69, 9.17) is 4.74 Å². The Morgan fingerprint density at radius 3 is 2.44 bits per heavy atom. The molecule has 1 N–H and O–H groups in total. The zero-order chi connectivity index (χ0) is 17.8. The molecule has 25 heavy (non-hydrogen) atoms. The molecule has 0 bridgehead atoms. The van der Waals surface area contributed by atoms with Crippen LogP contribution in [0.2, 0.25) is 0 Å². The van der Waals surface area contributed by atoms with Crippen molar-refractivity contribution in [3.05, 3.63) is 60.2 Å². The number of benzene rings is 2. The first-order valence-corrected chi connectivity index (χ1v) is 8.46. The lowest BCUT2D eigenvalue weighted by atomic mass is 10.1. The van der Waals surface area contributed by atoms with E-state index in [1.807, 2.05) is 44.2 Å². The molecule has 1 atom stereocenters. The highest BCUT2D eigenvalue weighted by Gasteiger charge is 2.31. The second kappa shape index (κ2) is 7.38. The minimum Gasteiger partial charge on any atom is -0.491 e. The van der Waals surface area contributed by atoms with Crippen LogP contribution >= 0.6 is 0 Å². The van der Waals surface area contributed by atoms with E-state index in [9.17, 15) is 9.59 Å². The molecule has 1 heterocycles. The maximum absolute atomic E-state index is 12.4. The first-order valence-electron chi connectivity index (χ1n) is 8.46. The average molecular weight is 338 g/mol. The fourth-order valence-electron chi connectivity index (χ4n) is 2.89. The molecule has 2 aromatic rings. The number of hydrogen-bond donors (Lipinski definition) is 1. The largest absolute Gasteiger partial charge is 0.491 e. The number of amides is 2. The van der Waals surface area contributed by atoms with Crippen LogP contribution in [0.15, 0.2) is 54.6 Å². The van der Waals surface area contributed by atoms with Crippen LogP contribution in [0.3, 0.4) is 0 Å². The molecule has 1 fully saturated rings. The third-order valence-electron chi connectivity index (χ3n) is 4.02. The van der Waals surface area contributed by atoms with Gasteiger partial charge in [0, 0.05) is 24.2 Å². The number of ether oxygens (including phenoxy) is 1. The van der Waals surface area contributed by atoms with Crippen LogP contribution in [0.25, 0.3) is 0 Å². The summed E-state index contributed by atoms with van der Waals surface area (Å²) in [5, 5.41) is 2.94.